The first-order valence-corrected chi connectivity index (χ1v) is 11.0. The maximum absolute atomic E-state index is 12.8. The smallest absolute Gasteiger partial charge is 0.275 e. The third kappa shape index (κ3) is 5.82. The van der Waals surface area contributed by atoms with Crippen molar-refractivity contribution in [3.63, 3.8) is 0 Å². The van der Waals surface area contributed by atoms with Crippen molar-refractivity contribution in [1.29, 1.82) is 0 Å². The third-order valence-electron chi connectivity index (χ3n) is 5.85. The minimum absolute atomic E-state index is 0.123. The van der Waals surface area contributed by atoms with Crippen LogP contribution in [0.1, 0.15) is 51.5 Å². The SMILES string of the molecule is Cc1ccc(C)c(CN(Cc2nc(C(=O)N(C)Cc3ccccc3)co2)CC2CC2)c1. The highest BCUT2D eigenvalue weighted by molar-refractivity contribution is 5.91. The van der Waals surface area contributed by atoms with Crippen molar-refractivity contribution in [2.24, 2.45) is 5.92 Å². The maximum atomic E-state index is 12.8. The lowest BCUT2D eigenvalue weighted by Gasteiger charge is -2.22. The number of oxazole rings is 1. The second kappa shape index (κ2) is 9.48. The number of carbonyl (C=O) groups excluding carboxylic acids is 1. The lowest BCUT2D eigenvalue weighted by atomic mass is 10.1. The van der Waals surface area contributed by atoms with Gasteiger partial charge in [-0.2, -0.15) is 0 Å². The van der Waals surface area contributed by atoms with E-state index >= 15 is 0 Å². The van der Waals surface area contributed by atoms with Gasteiger partial charge in [0.1, 0.15) is 6.26 Å². The zero-order chi connectivity index (χ0) is 21.8. The van der Waals surface area contributed by atoms with Crippen LogP contribution in [0.5, 0.6) is 0 Å². The number of amides is 1. The van der Waals surface area contributed by atoms with Gasteiger partial charge >= 0.3 is 0 Å². The summed E-state index contributed by atoms with van der Waals surface area (Å²) in [7, 11) is 1.80. The van der Waals surface area contributed by atoms with Crippen LogP contribution in [0.15, 0.2) is 59.2 Å². The number of aryl methyl sites for hydroxylation is 2. The highest BCUT2D eigenvalue weighted by atomic mass is 16.3. The van der Waals surface area contributed by atoms with Crippen LogP contribution >= 0.6 is 0 Å². The number of hydrogen-bond acceptors (Lipinski definition) is 4. The summed E-state index contributed by atoms with van der Waals surface area (Å²) in [6.07, 6.45) is 4.08. The standard InChI is InChI=1S/C26H31N3O2/c1-19-9-10-20(2)23(13-19)16-29(15-22-11-12-22)17-25-27-24(18-31-25)26(30)28(3)14-21-7-5-4-6-8-21/h4-10,13,18,22H,11-12,14-17H2,1-3H3. The molecule has 0 atom stereocenters. The van der Waals surface area contributed by atoms with E-state index < -0.39 is 0 Å². The molecule has 0 N–H and O–H groups in total. The first kappa shape index (κ1) is 21.3. The number of hydrogen-bond donors (Lipinski definition) is 0. The average Bonchev–Trinajstić information content (AvgIpc) is 3.45. The van der Waals surface area contributed by atoms with Gasteiger partial charge in [-0.15, -0.1) is 0 Å². The lowest BCUT2D eigenvalue weighted by Crippen LogP contribution is -2.27. The Hall–Kier alpha value is -2.92. The predicted molar refractivity (Wildman–Crippen MR) is 121 cm³/mol. The van der Waals surface area contributed by atoms with Gasteiger partial charge in [0.2, 0.25) is 5.89 Å². The van der Waals surface area contributed by atoms with Crippen molar-refractivity contribution >= 4 is 5.91 Å². The molecule has 0 bridgehead atoms. The van der Waals surface area contributed by atoms with E-state index in [0.717, 1.165) is 24.6 Å². The molecule has 1 saturated carbocycles. The number of carbonyl (C=O) groups is 1. The normalized spacial score (nSPS) is 13.5. The zero-order valence-electron chi connectivity index (χ0n) is 18.7. The molecule has 0 spiro atoms. The van der Waals surface area contributed by atoms with Crippen LogP contribution in [0.4, 0.5) is 0 Å². The van der Waals surface area contributed by atoms with Gasteiger partial charge < -0.3 is 9.32 Å². The molecular formula is C26H31N3O2. The van der Waals surface area contributed by atoms with Crippen LogP contribution in [0.25, 0.3) is 0 Å². The van der Waals surface area contributed by atoms with Gasteiger partial charge in [-0.25, -0.2) is 4.98 Å². The first-order valence-electron chi connectivity index (χ1n) is 11.0. The molecule has 1 aliphatic rings. The topological polar surface area (TPSA) is 49.6 Å². The lowest BCUT2D eigenvalue weighted by molar-refractivity contribution is 0.0779. The average molecular weight is 418 g/mol. The second-order valence-corrected chi connectivity index (χ2v) is 8.82. The van der Waals surface area contributed by atoms with Gasteiger partial charge in [-0.3, -0.25) is 9.69 Å². The Morgan fingerprint density at radius 3 is 2.58 bits per heavy atom. The van der Waals surface area contributed by atoms with Crippen LogP contribution in [-0.2, 0) is 19.6 Å². The molecule has 1 aliphatic carbocycles. The molecule has 5 nitrogen and oxygen atoms in total. The largest absolute Gasteiger partial charge is 0.447 e. The summed E-state index contributed by atoms with van der Waals surface area (Å²) in [6.45, 7) is 7.35. The summed E-state index contributed by atoms with van der Waals surface area (Å²) in [6, 6.07) is 16.6. The fourth-order valence-electron chi connectivity index (χ4n) is 3.86. The van der Waals surface area contributed by atoms with Gasteiger partial charge in [0.25, 0.3) is 5.91 Å². The van der Waals surface area contributed by atoms with Crippen molar-refractivity contribution in [2.75, 3.05) is 13.6 Å². The fourth-order valence-corrected chi connectivity index (χ4v) is 3.86. The van der Waals surface area contributed by atoms with E-state index in [4.69, 9.17) is 4.42 Å². The number of aromatic nitrogens is 1. The van der Waals surface area contributed by atoms with E-state index in [9.17, 15) is 4.79 Å². The molecule has 0 radical (unpaired) electrons. The van der Waals surface area contributed by atoms with E-state index in [-0.39, 0.29) is 5.91 Å². The Balaban J connectivity index is 1.42. The summed E-state index contributed by atoms with van der Waals surface area (Å²) in [5, 5.41) is 0. The van der Waals surface area contributed by atoms with Crippen molar-refractivity contribution < 1.29 is 9.21 Å². The first-order chi connectivity index (χ1) is 15.0. The van der Waals surface area contributed by atoms with Crippen molar-refractivity contribution in [3.8, 4) is 0 Å². The van der Waals surface area contributed by atoms with Gasteiger partial charge in [-0.1, -0.05) is 54.1 Å². The molecular weight excluding hydrogens is 386 g/mol. The minimum Gasteiger partial charge on any atom is -0.447 e. The summed E-state index contributed by atoms with van der Waals surface area (Å²) in [5.41, 5.74) is 5.37. The number of rotatable bonds is 9. The molecule has 1 heterocycles. The molecule has 1 amide bonds. The van der Waals surface area contributed by atoms with Gasteiger partial charge in [0, 0.05) is 26.7 Å². The van der Waals surface area contributed by atoms with Crippen LogP contribution in [0.2, 0.25) is 0 Å². The fraction of sp³-hybridized carbons (Fsp3) is 0.385. The molecule has 0 unspecified atom stereocenters. The van der Waals surface area contributed by atoms with Crippen LogP contribution in [0.3, 0.4) is 0 Å². The van der Waals surface area contributed by atoms with Crippen molar-refractivity contribution in [2.45, 2.75) is 46.3 Å². The zero-order valence-corrected chi connectivity index (χ0v) is 18.7. The summed E-state index contributed by atoms with van der Waals surface area (Å²) in [5.74, 6) is 1.24. The molecule has 5 heteroatoms. The molecule has 0 aliphatic heterocycles. The van der Waals surface area contributed by atoms with Crippen LogP contribution in [0, 0.1) is 19.8 Å². The molecule has 31 heavy (non-hydrogen) atoms. The summed E-state index contributed by atoms with van der Waals surface area (Å²) < 4.78 is 5.71. The summed E-state index contributed by atoms with van der Waals surface area (Å²) in [4.78, 5) is 21.4. The van der Waals surface area contributed by atoms with Crippen LogP contribution in [-0.4, -0.2) is 34.3 Å². The van der Waals surface area contributed by atoms with E-state index in [0.29, 0.717) is 24.7 Å². The minimum atomic E-state index is -0.123. The maximum Gasteiger partial charge on any atom is 0.275 e. The second-order valence-electron chi connectivity index (χ2n) is 8.82. The Kier molecular flexibility index (Phi) is 6.52. The predicted octanol–water partition coefficient (Wildman–Crippen LogP) is 4.98. The van der Waals surface area contributed by atoms with Gasteiger partial charge in [0.05, 0.1) is 6.54 Å². The molecule has 3 aromatic rings. The molecule has 0 saturated heterocycles. The van der Waals surface area contributed by atoms with Crippen molar-refractivity contribution in [1.82, 2.24) is 14.8 Å². The Bertz CT molecular complexity index is 1020. The Morgan fingerprint density at radius 1 is 1.06 bits per heavy atom. The van der Waals surface area contributed by atoms with Gasteiger partial charge in [-0.05, 0) is 49.3 Å². The quantitative estimate of drug-likeness (QED) is 0.493. The summed E-state index contributed by atoms with van der Waals surface area (Å²) >= 11 is 0. The van der Waals surface area contributed by atoms with E-state index in [1.165, 1.54) is 35.8 Å². The molecule has 4 rings (SSSR count). The van der Waals surface area contributed by atoms with Gasteiger partial charge in [0.15, 0.2) is 5.69 Å². The van der Waals surface area contributed by atoms with E-state index in [2.05, 4.69) is 41.9 Å². The number of nitrogens with zero attached hydrogens (tertiary/aromatic N) is 3. The molecule has 162 valence electrons. The van der Waals surface area contributed by atoms with E-state index in [1.807, 2.05) is 30.3 Å². The highest BCUT2D eigenvalue weighted by Gasteiger charge is 2.26. The van der Waals surface area contributed by atoms with Crippen molar-refractivity contribution in [3.05, 3.63) is 88.6 Å². The van der Waals surface area contributed by atoms with Crippen LogP contribution < -0.4 is 0 Å². The molecule has 2 aromatic carbocycles. The van der Waals surface area contributed by atoms with E-state index in [1.54, 1.807) is 11.9 Å². The molecule has 1 fully saturated rings. The number of benzene rings is 2. The molecule has 1 aromatic heterocycles. The third-order valence-corrected chi connectivity index (χ3v) is 5.85. The monoisotopic (exact) mass is 417 g/mol. The Morgan fingerprint density at radius 2 is 1.84 bits per heavy atom. The highest BCUT2D eigenvalue weighted by Crippen LogP contribution is 2.31. The Labute approximate surface area is 184 Å².